The third-order valence-corrected chi connectivity index (χ3v) is 1.94. The lowest BCUT2D eigenvalue weighted by Gasteiger charge is -2.15. The zero-order valence-corrected chi connectivity index (χ0v) is 7.69. The number of carboxylic acid groups (broad SMARTS) is 1. The van der Waals surface area contributed by atoms with Crippen molar-refractivity contribution in [3.05, 3.63) is 35.1 Å². The standard InChI is InChI=1S/C9H7F3O4/c10-4-2-1-3(5(11)6(4)12)7(13)8(14)9(15)16/h1-2,7-8,13-14H,(H,15,16). The summed E-state index contributed by atoms with van der Waals surface area (Å²) < 4.78 is 38.3. The first-order valence-electron chi connectivity index (χ1n) is 4.08. The second-order valence-electron chi connectivity index (χ2n) is 2.99. The van der Waals surface area contributed by atoms with Crippen LogP contribution in [-0.4, -0.2) is 27.4 Å². The Bertz CT molecular complexity index is 421. The predicted molar refractivity (Wildman–Crippen MR) is 44.9 cm³/mol. The average molecular weight is 236 g/mol. The highest BCUT2D eigenvalue weighted by Gasteiger charge is 2.29. The van der Waals surface area contributed by atoms with Crippen LogP contribution in [0.3, 0.4) is 0 Å². The molecule has 0 fully saturated rings. The third kappa shape index (κ3) is 2.15. The van der Waals surface area contributed by atoms with Crippen LogP contribution in [0.25, 0.3) is 0 Å². The van der Waals surface area contributed by atoms with Crippen molar-refractivity contribution >= 4 is 5.97 Å². The van der Waals surface area contributed by atoms with Gasteiger partial charge >= 0.3 is 5.97 Å². The first kappa shape index (κ1) is 12.5. The number of benzene rings is 1. The number of halogens is 3. The van der Waals surface area contributed by atoms with Crippen LogP contribution in [0.5, 0.6) is 0 Å². The van der Waals surface area contributed by atoms with Crippen molar-refractivity contribution in [1.29, 1.82) is 0 Å². The summed E-state index contributed by atoms with van der Waals surface area (Å²) in [5, 5.41) is 26.4. The fourth-order valence-corrected chi connectivity index (χ4v) is 1.07. The molecule has 0 aliphatic rings. The molecule has 3 N–H and O–H groups in total. The van der Waals surface area contributed by atoms with Gasteiger partial charge in [0.25, 0.3) is 0 Å². The summed E-state index contributed by atoms with van der Waals surface area (Å²) in [4.78, 5) is 10.3. The molecule has 1 aromatic rings. The molecule has 0 heterocycles. The van der Waals surface area contributed by atoms with Gasteiger partial charge in [-0.2, -0.15) is 0 Å². The zero-order valence-electron chi connectivity index (χ0n) is 7.69. The highest BCUT2D eigenvalue weighted by Crippen LogP contribution is 2.23. The van der Waals surface area contributed by atoms with Gasteiger partial charge in [-0.3, -0.25) is 0 Å². The van der Waals surface area contributed by atoms with Gasteiger partial charge in [0, 0.05) is 5.56 Å². The quantitative estimate of drug-likeness (QED) is 0.671. The van der Waals surface area contributed by atoms with Crippen molar-refractivity contribution in [3.63, 3.8) is 0 Å². The van der Waals surface area contributed by atoms with E-state index in [4.69, 9.17) is 10.2 Å². The van der Waals surface area contributed by atoms with E-state index in [1.165, 1.54) is 0 Å². The summed E-state index contributed by atoms with van der Waals surface area (Å²) in [5.41, 5.74) is -0.825. The van der Waals surface area contributed by atoms with Gasteiger partial charge in [-0.25, -0.2) is 18.0 Å². The van der Waals surface area contributed by atoms with Crippen molar-refractivity contribution in [2.45, 2.75) is 12.2 Å². The monoisotopic (exact) mass is 236 g/mol. The summed E-state index contributed by atoms with van der Waals surface area (Å²) in [5.74, 6) is -6.85. The highest BCUT2D eigenvalue weighted by molar-refractivity contribution is 5.73. The Hall–Kier alpha value is -1.60. The molecule has 0 spiro atoms. The van der Waals surface area contributed by atoms with Gasteiger partial charge in [0.05, 0.1) is 0 Å². The third-order valence-electron chi connectivity index (χ3n) is 1.94. The van der Waals surface area contributed by atoms with Crippen LogP contribution in [-0.2, 0) is 4.79 Å². The molecular formula is C9H7F3O4. The van der Waals surface area contributed by atoms with Crippen molar-refractivity contribution < 1.29 is 33.3 Å². The Balaban J connectivity index is 3.14. The van der Waals surface area contributed by atoms with E-state index in [0.717, 1.165) is 0 Å². The van der Waals surface area contributed by atoms with Crippen LogP contribution >= 0.6 is 0 Å². The minimum atomic E-state index is -2.32. The molecule has 88 valence electrons. The molecule has 4 nitrogen and oxygen atoms in total. The van der Waals surface area contributed by atoms with E-state index in [0.29, 0.717) is 12.1 Å². The second kappa shape index (κ2) is 4.50. The summed E-state index contributed by atoms with van der Waals surface area (Å²) in [6.45, 7) is 0. The summed E-state index contributed by atoms with van der Waals surface area (Å²) >= 11 is 0. The number of carboxylic acids is 1. The second-order valence-corrected chi connectivity index (χ2v) is 2.99. The molecule has 0 bridgehead atoms. The van der Waals surface area contributed by atoms with Crippen LogP contribution in [0, 0.1) is 17.5 Å². The molecule has 0 aliphatic carbocycles. The van der Waals surface area contributed by atoms with Crippen LogP contribution < -0.4 is 0 Å². The van der Waals surface area contributed by atoms with Crippen molar-refractivity contribution in [2.24, 2.45) is 0 Å². The molecule has 16 heavy (non-hydrogen) atoms. The molecule has 0 aliphatic heterocycles. The number of aliphatic carboxylic acids is 1. The van der Waals surface area contributed by atoms with Crippen molar-refractivity contribution in [1.82, 2.24) is 0 Å². The van der Waals surface area contributed by atoms with Gasteiger partial charge in [0.1, 0.15) is 6.10 Å². The minimum absolute atomic E-state index is 0.519. The van der Waals surface area contributed by atoms with Gasteiger partial charge in [-0.05, 0) is 6.07 Å². The molecule has 2 atom stereocenters. The Kier molecular flexibility index (Phi) is 3.51. The fourth-order valence-electron chi connectivity index (χ4n) is 1.07. The van der Waals surface area contributed by atoms with E-state index in [1.54, 1.807) is 0 Å². The van der Waals surface area contributed by atoms with Crippen molar-refractivity contribution in [2.75, 3.05) is 0 Å². The molecule has 1 rings (SSSR count). The lowest BCUT2D eigenvalue weighted by molar-refractivity contribution is -0.153. The summed E-state index contributed by atoms with van der Waals surface area (Å²) in [6.07, 6.45) is -4.49. The molecule has 1 aromatic carbocycles. The molecular weight excluding hydrogens is 229 g/mol. The average Bonchev–Trinajstić information content (AvgIpc) is 2.24. The number of rotatable bonds is 3. The minimum Gasteiger partial charge on any atom is -0.479 e. The molecule has 0 aromatic heterocycles. The van der Waals surface area contributed by atoms with E-state index in [9.17, 15) is 23.1 Å². The lowest BCUT2D eigenvalue weighted by atomic mass is 10.0. The number of aliphatic hydroxyl groups excluding tert-OH is 2. The number of hydrogen-bond donors (Lipinski definition) is 3. The summed E-state index contributed by atoms with van der Waals surface area (Å²) in [6, 6.07) is 1.18. The van der Waals surface area contributed by atoms with Gasteiger partial charge < -0.3 is 15.3 Å². The SMILES string of the molecule is O=C(O)C(O)C(O)c1ccc(F)c(F)c1F. The maximum Gasteiger partial charge on any atom is 0.335 e. The highest BCUT2D eigenvalue weighted by atomic mass is 19.2. The van der Waals surface area contributed by atoms with E-state index in [-0.39, 0.29) is 0 Å². The van der Waals surface area contributed by atoms with Crippen molar-refractivity contribution in [3.8, 4) is 0 Å². The molecule has 0 saturated carbocycles. The van der Waals surface area contributed by atoms with Gasteiger partial charge in [0.2, 0.25) is 0 Å². The maximum absolute atomic E-state index is 13.1. The largest absolute Gasteiger partial charge is 0.479 e. The topological polar surface area (TPSA) is 77.8 Å². The van der Waals surface area contributed by atoms with E-state index in [2.05, 4.69) is 0 Å². The Labute approximate surface area is 87.6 Å². The summed E-state index contributed by atoms with van der Waals surface area (Å²) in [7, 11) is 0. The zero-order chi connectivity index (χ0) is 12.5. The number of aliphatic hydroxyl groups is 2. The molecule has 0 amide bonds. The fraction of sp³-hybridized carbons (Fsp3) is 0.222. The smallest absolute Gasteiger partial charge is 0.335 e. The maximum atomic E-state index is 13.1. The Morgan fingerprint density at radius 2 is 1.69 bits per heavy atom. The van der Waals surface area contributed by atoms with Gasteiger partial charge in [-0.15, -0.1) is 0 Å². The molecule has 0 saturated heterocycles. The number of hydrogen-bond acceptors (Lipinski definition) is 3. The van der Waals surface area contributed by atoms with Crippen LogP contribution in [0.1, 0.15) is 11.7 Å². The first-order chi connectivity index (χ1) is 7.36. The van der Waals surface area contributed by atoms with E-state index < -0.39 is 41.2 Å². The van der Waals surface area contributed by atoms with Crippen LogP contribution in [0.15, 0.2) is 12.1 Å². The Morgan fingerprint density at radius 1 is 1.12 bits per heavy atom. The Morgan fingerprint density at radius 3 is 2.19 bits per heavy atom. The lowest BCUT2D eigenvalue weighted by Crippen LogP contribution is -2.28. The number of carbonyl (C=O) groups is 1. The molecule has 0 radical (unpaired) electrons. The molecule has 2 unspecified atom stereocenters. The first-order valence-corrected chi connectivity index (χ1v) is 4.08. The van der Waals surface area contributed by atoms with Gasteiger partial charge in [0.15, 0.2) is 23.6 Å². The predicted octanol–water partition coefficient (Wildman–Crippen LogP) is 0.583. The van der Waals surface area contributed by atoms with E-state index in [1.807, 2.05) is 0 Å². The normalized spacial score (nSPS) is 14.6. The van der Waals surface area contributed by atoms with Crippen LogP contribution in [0.2, 0.25) is 0 Å². The van der Waals surface area contributed by atoms with Crippen LogP contribution in [0.4, 0.5) is 13.2 Å². The van der Waals surface area contributed by atoms with Gasteiger partial charge in [-0.1, -0.05) is 6.07 Å². The molecule has 7 heteroatoms. The van der Waals surface area contributed by atoms with E-state index >= 15 is 0 Å².